The fraction of sp³-hybridized carbons (Fsp3) is 0.679. The molecule has 1 amide bonds. The maximum absolute atomic E-state index is 12.2. The lowest BCUT2D eigenvalue weighted by molar-refractivity contribution is -0.133. The number of benzene rings is 1. The number of nitrogens with zero attached hydrogens (tertiary/aromatic N) is 4. The molecular weight excluding hydrogens is 492 g/mol. The third kappa shape index (κ3) is 6.65. The molecule has 37 heavy (non-hydrogen) atoms. The molecule has 2 aromatic rings. The Kier molecular flexibility index (Phi) is 9.00. The van der Waals surface area contributed by atoms with Gasteiger partial charge in [0.05, 0.1) is 13.0 Å². The van der Waals surface area contributed by atoms with E-state index in [0.717, 1.165) is 74.5 Å². The fourth-order valence-electron chi connectivity index (χ4n) is 6.21. The van der Waals surface area contributed by atoms with Crippen molar-refractivity contribution in [3.8, 4) is 0 Å². The lowest BCUT2D eigenvalue weighted by Crippen LogP contribution is -2.42. The van der Waals surface area contributed by atoms with Crippen molar-refractivity contribution in [2.45, 2.75) is 64.6 Å². The molecule has 2 saturated heterocycles. The van der Waals surface area contributed by atoms with Crippen LogP contribution < -0.4 is 4.90 Å². The van der Waals surface area contributed by atoms with E-state index in [-0.39, 0.29) is 5.91 Å². The van der Waals surface area contributed by atoms with Crippen molar-refractivity contribution < 1.29 is 18.8 Å². The van der Waals surface area contributed by atoms with E-state index in [2.05, 4.69) is 15.0 Å². The number of hydrogen-bond acceptors (Lipinski definition) is 7. The molecule has 5 rings (SSSR count). The second kappa shape index (κ2) is 12.6. The molecule has 9 heteroatoms. The van der Waals surface area contributed by atoms with Gasteiger partial charge in [0.2, 0.25) is 5.91 Å². The Balaban J connectivity index is 1.03. The number of carbonyl (C=O) groups excluding carboxylic acids is 1. The van der Waals surface area contributed by atoms with Gasteiger partial charge in [0.25, 0.3) is 0 Å². The number of amides is 1. The highest BCUT2D eigenvalue weighted by molar-refractivity contribution is 6.31. The standard InChI is InChI=1S/C28H39ClN4O4/c1-35-19-26-30-28(37-31-26)33-13-8-22(9-14-33)24-5-2-4-21(24)10-15-36-18-20-6-7-23(25(29)16-20)17-27(34)32-11-3-12-32/h6-7,16,21-22,24H,2-5,8-15,17-19H2,1H3/t21-,24+/m0/s1. The summed E-state index contributed by atoms with van der Waals surface area (Å²) in [5.41, 5.74) is 1.96. The van der Waals surface area contributed by atoms with Crippen LogP contribution >= 0.6 is 11.6 Å². The van der Waals surface area contributed by atoms with Crippen LogP contribution in [0.2, 0.25) is 5.02 Å². The van der Waals surface area contributed by atoms with Crippen LogP contribution in [-0.4, -0.2) is 60.8 Å². The summed E-state index contributed by atoms with van der Waals surface area (Å²) in [7, 11) is 1.64. The number of hydrogen-bond donors (Lipinski definition) is 0. The number of ether oxygens (including phenoxy) is 2. The average molecular weight is 531 g/mol. The predicted molar refractivity (Wildman–Crippen MR) is 141 cm³/mol. The van der Waals surface area contributed by atoms with Gasteiger partial charge in [-0.2, -0.15) is 4.98 Å². The number of piperidine rings is 1. The molecule has 2 atom stereocenters. The minimum Gasteiger partial charge on any atom is -0.377 e. The normalized spacial score (nSPS) is 22.4. The number of aromatic nitrogens is 2. The molecular formula is C28H39ClN4O4. The summed E-state index contributed by atoms with van der Waals surface area (Å²) in [5, 5.41) is 4.66. The van der Waals surface area contributed by atoms with Gasteiger partial charge in [-0.3, -0.25) is 4.79 Å². The van der Waals surface area contributed by atoms with E-state index in [0.29, 0.717) is 36.5 Å². The molecule has 1 aromatic carbocycles. The predicted octanol–water partition coefficient (Wildman–Crippen LogP) is 4.88. The van der Waals surface area contributed by atoms with Gasteiger partial charge in [0, 0.05) is 44.9 Å². The van der Waals surface area contributed by atoms with Crippen molar-refractivity contribution >= 4 is 23.5 Å². The molecule has 0 spiro atoms. The first-order valence-electron chi connectivity index (χ1n) is 13.8. The monoisotopic (exact) mass is 530 g/mol. The highest BCUT2D eigenvalue weighted by atomic mass is 35.5. The zero-order valence-electron chi connectivity index (χ0n) is 21.9. The van der Waals surface area contributed by atoms with E-state index in [1.54, 1.807) is 7.11 Å². The number of likely N-dealkylation sites (tertiary alicyclic amines) is 1. The minimum absolute atomic E-state index is 0.166. The first kappa shape index (κ1) is 26.4. The van der Waals surface area contributed by atoms with E-state index in [1.807, 2.05) is 23.1 Å². The van der Waals surface area contributed by atoms with Gasteiger partial charge in [-0.15, -0.1) is 0 Å². The van der Waals surface area contributed by atoms with E-state index < -0.39 is 0 Å². The Morgan fingerprint density at radius 2 is 1.95 bits per heavy atom. The number of halogens is 1. The lowest BCUT2D eigenvalue weighted by Gasteiger charge is -2.36. The molecule has 1 aliphatic carbocycles. The number of carbonyl (C=O) groups is 1. The number of anilines is 1. The average Bonchev–Trinajstić information content (AvgIpc) is 3.53. The molecule has 3 heterocycles. The largest absolute Gasteiger partial charge is 0.377 e. The Labute approximate surface area is 224 Å². The summed E-state index contributed by atoms with van der Waals surface area (Å²) >= 11 is 6.48. The van der Waals surface area contributed by atoms with Crippen molar-refractivity contribution in [2.24, 2.45) is 17.8 Å². The van der Waals surface area contributed by atoms with Crippen LogP contribution in [0.25, 0.3) is 0 Å². The molecule has 3 fully saturated rings. The molecule has 0 N–H and O–H groups in total. The van der Waals surface area contributed by atoms with Gasteiger partial charge in [-0.25, -0.2) is 0 Å². The van der Waals surface area contributed by atoms with Crippen LogP contribution in [-0.2, 0) is 33.9 Å². The van der Waals surface area contributed by atoms with Crippen molar-refractivity contribution in [1.82, 2.24) is 15.0 Å². The first-order chi connectivity index (χ1) is 18.1. The molecule has 202 valence electrons. The smallest absolute Gasteiger partial charge is 0.324 e. The molecule has 0 bridgehead atoms. The van der Waals surface area contributed by atoms with Gasteiger partial charge in [0.15, 0.2) is 5.82 Å². The van der Waals surface area contributed by atoms with Gasteiger partial charge in [0.1, 0.15) is 6.61 Å². The van der Waals surface area contributed by atoms with Crippen LogP contribution in [0.3, 0.4) is 0 Å². The quantitative estimate of drug-likeness (QED) is 0.383. The van der Waals surface area contributed by atoms with E-state index in [1.165, 1.54) is 32.1 Å². The number of methoxy groups -OCH3 is 1. The van der Waals surface area contributed by atoms with Crippen molar-refractivity contribution in [3.05, 3.63) is 40.2 Å². The second-order valence-corrected chi connectivity index (χ2v) is 11.2. The Morgan fingerprint density at radius 1 is 1.11 bits per heavy atom. The summed E-state index contributed by atoms with van der Waals surface area (Å²) in [4.78, 5) is 20.8. The van der Waals surface area contributed by atoms with Crippen molar-refractivity contribution in [3.63, 3.8) is 0 Å². The van der Waals surface area contributed by atoms with Crippen molar-refractivity contribution in [2.75, 3.05) is 44.8 Å². The fourth-order valence-corrected chi connectivity index (χ4v) is 6.48. The maximum atomic E-state index is 12.2. The topological polar surface area (TPSA) is 80.9 Å². The van der Waals surface area contributed by atoms with Gasteiger partial charge >= 0.3 is 6.01 Å². The van der Waals surface area contributed by atoms with Crippen LogP contribution in [0.4, 0.5) is 6.01 Å². The van der Waals surface area contributed by atoms with E-state index in [9.17, 15) is 4.79 Å². The lowest BCUT2D eigenvalue weighted by atomic mass is 9.77. The zero-order valence-corrected chi connectivity index (χ0v) is 22.6. The first-order valence-corrected chi connectivity index (χ1v) is 14.2. The summed E-state index contributed by atoms with van der Waals surface area (Å²) < 4.78 is 16.6. The van der Waals surface area contributed by atoms with Gasteiger partial charge < -0.3 is 23.8 Å². The molecule has 2 aliphatic heterocycles. The Bertz CT molecular complexity index is 1030. The molecule has 3 aliphatic rings. The summed E-state index contributed by atoms with van der Waals surface area (Å²) in [6, 6.07) is 6.59. The molecule has 0 unspecified atom stereocenters. The van der Waals surface area contributed by atoms with Crippen LogP contribution in [0, 0.1) is 17.8 Å². The van der Waals surface area contributed by atoms with E-state index in [4.69, 9.17) is 25.6 Å². The third-order valence-electron chi connectivity index (χ3n) is 8.43. The molecule has 0 radical (unpaired) electrons. The van der Waals surface area contributed by atoms with Crippen molar-refractivity contribution in [1.29, 1.82) is 0 Å². The zero-order chi connectivity index (χ0) is 25.6. The summed E-state index contributed by atoms with van der Waals surface area (Å²) in [5.74, 6) is 3.06. The molecule has 1 aromatic heterocycles. The van der Waals surface area contributed by atoms with Gasteiger partial charge in [-0.1, -0.05) is 41.7 Å². The van der Waals surface area contributed by atoms with Crippen LogP contribution in [0.15, 0.2) is 22.7 Å². The molecule has 8 nitrogen and oxygen atoms in total. The van der Waals surface area contributed by atoms with Crippen LogP contribution in [0.5, 0.6) is 0 Å². The summed E-state index contributed by atoms with van der Waals surface area (Å²) in [6.07, 6.45) is 8.92. The third-order valence-corrected chi connectivity index (χ3v) is 8.79. The second-order valence-electron chi connectivity index (χ2n) is 10.8. The maximum Gasteiger partial charge on any atom is 0.324 e. The highest BCUT2D eigenvalue weighted by Gasteiger charge is 2.35. The highest BCUT2D eigenvalue weighted by Crippen LogP contribution is 2.43. The molecule has 1 saturated carbocycles. The van der Waals surface area contributed by atoms with Crippen LogP contribution in [0.1, 0.15) is 61.9 Å². The SMILES string of the molecule is COCc1noc(N2CCC([C@@H]3CCC[C@H]3CCOCc3ccc(CC(=O)N4CCC4)c(Cl)c3)CC2)n1. The minimum atomic E-state index is 0.166. The number of rotatable bonds is 11. The van der Waals surface area contributed by atoms with E-state index >= 15 is 0 Å². The Morgan fingerprint density at radius 3 is 2.68 bits per heavy atom. The summed E-state index contributed by atoms with van der Waals surface area (Å²) in [6.45, 7) is 5.41. The van der Waals surface area contributed by atoms with Gasteiger partial charge in [-0.05, 0) is 67.1 Å². The Hall–Kier alpha value is -2.16.